The number of anilines is 2. The van der Waals surface area contributed by atoms with E-state index in [2.05, 4.69) is 5.32 Å². The van der Waals surface area contributed by atoms with E-state index in [1.165, 1.54) is 0 Å². The number of rotatable bonds is 3. The van der Waals surface area contributed by atoms with Gasteiger partial charge in [-0.15, -0.1) is 0 Å². The van der Waals surface area contributed by atoms with E-state index in [9.17, 15) is 4.79 Å². The number of carbonyl (C=O) groups is 1. The van der Waals surface area contributed by atoms with Crippen LogP contribution in [0, 0.1) is 6.92 Å². The number of aryl methyl sites for hydroxylation is 2. The first-order valence-electron chi connectivity index (χ1n) is 5.89. The van der Waals surface area contributed by atoms with E-state index < -0.39 is 0 Å². The van der Waals surface area contributed by atoms with Crippen LogP contribution in [0.25, 0.3) is 0 Å². The molecule has 0 saturated carbocycles. The number of hydrogen-bond donors (Lipinski definition) is 2. The summed E-state index contributed by atoms with van der Waals surface area (Å²) in [5, 5.41) is 2.83. The first kappa shape index (κ1) is 13.0. The van der Waals surface area contributed by atoms with E-state index in [-0.39, 0.29) is 5.91 Å². The molecule has 0 aliphatic rings. The molecule has 0 bridgehead atoms. The lowest BCUT2D eigenvalue weighted by Crippen LogP contribution is -2.15. The largest absolute Gasteiger partial charge is 0.495 e. The summed E-state index contributed by atoms with van der Waals surface area (Å²) in [6, 6.07) is 7.25. The Kier molecular flexibility index (Phi) is 3.46. The minimum Gasteiger partial charge on any atom is -0.495 e. The molecule has 2 aromatic rings. The number of amides is 1. The summed E-state index contributed by atoms with van der Waals surface area (Å²) in [4.78, 5) is 12.2. The topological polar surface area (TPSA) is 69.3 Å². The van der Waals surface area contributed by atoms with E-state index in [1.54, 1.807) is 31.0 Å². The molecular formula is C14H17N3O2. The molecule has 3 N–H and O–H groups in total. The maximum absolute atomic E-state index is 12.2. The van der Waals surface area contributed by atoms with Gasteiger partial charge in [0.05, 0.1) is 18.5 Å². The number of ether oxygens (including phenoxy) is 1. The summed E-state index contributed by atoms with van der Waals surface area (Å²) in [6.45, 7) is 1.95. The van der Waals surface area contributed by atoms with Crippen LogP contribution in [-0.4, -0.2) is 17.6 Å². The predicted octanol–water partition coefficient (Wildman–Crippen LogP) is 2.18. The van der Waals surface area contributed by atoms with E-state index >= 15 is 0 Å². The summed E-state index contributed by atoms with van der Waals surface area (Å²) in [5.41, 5.74) is 8.41. The molecule has 0 aliphatic carbocycles. The maximum Gasteiger partial charge on any atom is 0.272 e. The quantitative estimate of drug-likeness (QED) is 0.887. The highest BCUT2D eigenvalue weighted by Crippen LogP contribution is 2.26. The van der Waals surface area contributed by atoms with E-state index in [1.807, 2.05) is 25.1 Å². The summed E-state index contributed by atoms with van der Waals surface area (Å²) in [5.74, 6) is 0.407. The lowest BCUT2D eigenvalue weighted by atomic mass is 10.2. The van der Waals surface area contributed by atoms with Gasteiger partial charge in [0.2, 0.25) is 0 Å². The normalized spacial score (nSPS) is 10.3. The molecule has 0 aliphatic heterocycles. The van der Waals surface area contributed by atoms with Crippen molar-refractivity contribution in [3.05, 3.63) is 41.7 Å². The third kappa shape index (κ3) is 2.70. The van der Waals surface area contributed by atoms with Gasteiger partial charge in [0.1, 0.15) is 11.4 Å². The summed E-state index contributed by atoms with van der Waals surface area (Å²) in [6.07, 6.45) is 1.70. The molecule has 0 atom stereocenters. The number of carbonyl (C=O) groups excluding carboxylic acids is 1. The second kappa shape index (κ2) is 5.06. The Morgan fingerprint density at radius 3 is 2.68 bits per heavy atom. The van der Waals surface area contributed by atoms with Crippen LogP contribution < -0.4 is 15.8 Å². The van der Waals surface area contributed by atoms with Gasteiger partial charge in [-0.1, -0.05) is 6.07 Å². The van der Waals surface area contributed by atoms with Gasteiger partial charge in [-0.2, -0.15) is 0 Å². The lowest BCUT2D eigenvalue weighted by Gasteiger charge is -2.11. The molecule has 0 unspecified atom stereocenters. The highest BCUT2D eigenvalue weighted by Gasteiger charge is 2.13. The molecule has 1 aromatic heterocycles. The van der Waals surface area contributed by atoms with Gasteiger partial charge in [0.15, 0.2) is 0 Å². The summed E-state index contributed by atoms with van der Waals surface area (Å²) in [7, 11) is 3.35. The standard InChI is InChI=1S/C14H17N3O2/c1-9-4-5-13(19-3)11(6-9)16-14(18)12-7-10(15)8-17(12)2/h4-8H,15H2,1-3H3,(H,16,18). The van der Waals surface area contributed by atoms with Crippen molar-refractivity contribution in [2.24, 2.45) is 7.05 Å². The molecule has 100 valence electrons. The van der Waals surface area contributed by atoms with Crippen LogP contribution in [-0.2, 0) is 7.05 Å². The Balaban J connectivity index is 2.28. The Hall–Kier alpha value is -2.43. The minimum atomic E-state index is -0.219. The molecular weight excluding hydrogens is 242 g/mol. The fraction of sp³-hybridized carbons (Fsp3) is 0.214. The number of nitrogens with two attached hydrogens (primary N) is 1. The Labute approximate surface area is 112 Å². The van der Waals surface area contributed by atoms with Crippen molar-refractivity contribution < 1.29 is 9.53 Å². The minimum absolute atomic E-state index is 0.219. The lowest BCUT2D eigenvalue weighted by molar-refractivity contribution is 0.101. The Morgan fingerprint density at radius 1 is 1.37 bits per heavy atom. The SMILES string of the molecule is COc1ccc(C)cc1NC(=O)c1cc(N)cn1C. The molecule has 19 heavy (non-hydrogen) atoms. The molecule has 0 radical (unpaired) electrons. The van der Waals surface area contributed by atoms with E-state index in [0.717, 1.165) is 5.56 Å². The van der Waals surface area contributed by atoms with Crippen molar-refractivity contribution in [3.8, 4) is 5.75 Å². The number of nitrogens with zero attached hydrogens (tertiary/aromatic N) is 1. The summed E-state index contributed by atoms with van der Waals surface area (Å²) < 4.78 is 6.91. The number of benzene rings is 1. The van der Waals surface area contributed by atoms with Gasteiger partial charge >= 0.3 is 0 Å². The Morgan fingerprint density at radius 2 is 2.11 bits per heavy atom. The van der Waals surface area contributed by atoms with Gasteiger partial charge in [0.25, 0.3) is 5.91 Å². The third-order valence-corrected chi connectivity index (χ3v) is 2.86. The fourth-order valence-electron chi connectivity index (χ4n) is 1.92. The monoisotopic (exact) mass is 259 g/mol. The van der Waals surface area contributed by atoms with Crippen molar-refractivity contribution in [3.63, 3.8) is 0 Å². The van der Waals surface area contributed by atoms with Crippen LogP contribution in [0.4, 0.5) is 11.4 Å². The Bertz CT molecular complexity index is 617. The number of nitrogens with one attached hydrogen (secondary N) is 1. The number of nitrogen functional groups attached to an aromatic ring is 1. The molecule has 0 saturated heterocycles. The van der Waals surface area contributed by atoms with Crippen LogP contribution in [0.3, 0.4) is 0 Å². The van der Waals surface area contributed by atoms with E-state index in [0.29, 0.717) is 22.8 Å². The van der Waals surface area contributed by atoms with Crippen molar-refractivity contribution in [1.82, 2.24) is 4.57 Å². The van der Waals surface area contributed by atoms with Crippen LogP contribution in [0.15, 0.2) is 30.5 Å². The molecule has 0 spiro atoms. The third-order valence-electron chi connectivity index (χ3n) is 2.86. The molecule has 1 heterocycles. The van der Waals surface area contributed by atoms with Crippen LogP contribution in [0.1, 0.15) is 16.1 Å². The molecule has 5 nitrogen and oxygen atoms in total. The zero-order valence-electron chi connectivity index (χ0n) is 11.2. The average molecular weight is 259 g/mol. The average Bonchev–Trinajstić information content (AvgIpc) is 2.69. The maximum atomic E-state index is 12.2. The summed E-state index contributed by atoms with van der Waals surface area (Å²) >= 11 is 0. The second-order valence-electron chi connectivity index (χ2n) is 4.43. The molecule has 1 amide bonds. The van der Waals surface area contributed by atoms with Crippen LogP contribution in [0.5, 0.6) is 5.75 Å². The van der Waals surface area contributed by atoms with Crippen molar-refractivity contribution in [1.29, 1.82) is 0 Å². The highest BCUT2D eigenvalue weighted by atomic mass is 16.5. The van der Waals surface area contributed by atoms with Crippen LogP contribution >= 0.6 is 0 Å². The molecule has 0 fully saturated rings. The highest BCUT2D eigenvalue weighted by molar-refractivity contribution is 6.04. The van der Waals surface area contributed by atoms with Crippen molar-refractivity contribution in [2.45, 2.75) is 6.92 Å². The van der Waals surface area contributed by atoms with Gasteiger partial charge < -0.3 is 20.4 Å². The van der Waals surface area contributed by atoms with Gasteiger partial charge in [-0.05, 0) is 30.7 Å². The van der Waals surface area contributed by atoms with Gasteiger partial charge in [-0.25, -0.2) is 0 Å². The van der Waals surface area contributed by atoms with Gasteiger partial charge in [0, 0.05) is 13.2 Å². The zero-order chi connectivity index (χ0) is 14.0. The van der Waals surface area contributed by atoms with Crippen molar-refractivity contribution in [2.75, 3.05) is 18.2 Å². The van der Waals surface area contributed by atoms with E-state index in [4.69, 9.17) is 10.5 Å². The predicted molar refractivity (Wildman–Crippen MR) is 75.5 cm³/mol. The fourth-order valence-corrected chi connectivity index (χ4v) is 1.92. The van der Waals surface area contributed by atoms with Crippen molar-refractivity contribution >= 4 is 17.3 Å². The second-order valence-corrected chi connectivity index (χ2v) is 4.43. The smallest absolute Gasteiger partial charge is 0.272 e. The number of hydrogen-bond acceptors (Lipinski definition) is 3. The number of methoxy groups -OCH3 is 1. The van der Waals surface area contributed by atoms with Gasteiger partial charge in [-0.3, -0.25) is 4.79 Å². The molecule has 2 rings (SSSR count). The van der Waals surface area contributed by atoms with Crippen LogP contribution in [0.2, 0.25) is 0 Å². The first-order valence-corrected chi connectivity index (χ1v) is 5.89. The molecule has 1 aromatic carbocycles. The zero-order valence-corrected chi connectivity index (χ0v) is 11.2. The first-order chi connectivity index (χ1) is 9.01. The molecule has 5 heteroatoms. The number of aromatic nitrogens is 1.